The summed E-state index contributed by atoms with van der Waals surface area (Å²) in [6, 6.07) is 3.21. The van der Waals surface area contributed by atoms with E-state index in [9.17, 15) is 9.18 Å². The van der Waals surface area contributed by atoms with E-state index in [4.69, 9.17) is 5.73 Å². The van der Waals surface area contributed by atoms with E-state index in [0.29, 0.717) is 19.6 Å². The van der Waals surface area contributed by atoms with Crippen LogP contribution < -0.4 is 11.1 Å². The number of nitrogens with two attached hydrogens (primary N) is 1. The van der Waals surface area contributed by atoms with Crippen molar-refractivity contribution in [1.29, 1.82) is 0 Å². The highest BCUT2D eigenvalue weighted by Crippen LogP contribution is 2.25. The van der Waals surface area contributed by atoms with E-state index in [1.54, 1.807) is 6.07 Å². The quantitative estimate of drug-likeness (QED) is 0.852. The monoisotopic (exact) mass is 294 g/mol. The number of nitrogens with zero attached hydrogens (tertiary/aromatic N) is 2. The average molecular weight is 294 g/mol. The fourth-order valence-corrected chi connectivity index (χ4v) is 2.73. The SMILES string of the molecule is CC(c1ccc(F)cn1)N1CCCC(C(=O)NCCN)C1. The molecule has 3 N–H and O–H groups in total. The molecule has 1 aromatic rings. The molecule has 2 atom stereocenters. The third-order valence-corrected chi connectivity index (χ3v) is 3.99. The molecule has 2 unspecified atom stereocenters. The second-order valence-corrected chi connectivity index (χ2v) is 5.49. The fraction of sp³-hybridized carbons (Fsp3) is 0.600. The van der Waals surface area contributed by atoms with Crippen LogP contribution in [0.2, 0.25) is 0 Å². The molecule has 0 spiro atoms. The maximum atomic E-state index is 12.9. The van der Waals surface area contributed by atoms with E-state index in [0.717, 1.165) is 25.1 Å². The summed E-state index contributed by atoms with van der Waals surface area (Å²) in [6.45, 7) is 4.65. The topological polar surface area (TPSA) is 71.2 Å². The van der Waals surface area contributed by atoms with Gasteiger partial charge in [-0.3, -0.25) is 14.7 Å². The Morgan fingerprint density at radius 1 is 1.62 bits per heavy atom. The van der Waals surface area contributed by atoms with Gasteiger partial charge in [-0.25, -0.2) is 4.39 Å². The largest absolute Gasteiger partial charge is 0.355 e. The first kappa shape index (κ1) is 15.9. The third-order valence-electron chi connectivity index (χ3n) is 3.99. The lowest BCUT2D eigenvalue weighted by atomic mass is 9.95. The van der Waals surface area contributed by atoms with Gasteiger partial charge in [0.15, 0.2) is 0 Å². The van der Waals surface area contributed by atoms with Gasteiger partial charge in [-0.1, -0.05) is 0 Å². The molecule has 1 saturated heterocycles. The summed E-state index contributed by atoms with van der Waals surface area (Å²) in [4.78, 5) is 18.4. The molecule has 1 aliphatic rings. The number of rotatable bonds is 5. The third kappa shape index (κ3) is 4.22. The Morgan fingerprint density at radius 2 is 2.43 bits per heavy atom. The van der Waals surface area contributed by atoms with Crippen molar-refractivity contribution in [3.63, 3.8) is 0 Å². The molecular formula is C15H23FN4O. The lowest BCUT2D eigenvalue weighted by Gasteiger charge is -2.35. The Bertz CT molecular complexity index is 465. The van der Waals surface area contributed by atoms with Gasteiger partial charge in [-0.15, -0.1) is 0 Å². The standard InChI is InChI=1S/C15H23FN4O/c1-11(14-5-4-13(16)9-19-14)20-8-2-3-12(10-20)15(21)18-7-6-17/h4-5,9,11-12H,2-3,6-8,10,17H2,1H3,(H,18,21). The number of amides is 1. The molecular weight excluding hydrogens is 271 g/mol. The van der Waals surface area contributed by atoms with Crippen molar-refractivity contribution in [2.24, 2.45) is 11.7 Å². The minimum Gasteiger partial charge on any atom is -0.355 e. The molecule has 116 valence electrons. The zero-order chi connectivity index (χ0) is 15.2. The van der Waals surface area contributed by atoms with Gasteiger partial charge in [-0.2, -0.15) is 0 Å². The van der Waals surface area contributed by atoms with Gasteiger partial charge in [0.1, 0.15) is 5.82 Å². The maximum Gasteiger partial charge on any atom is 0.224 e. The van der Waals surface area contributed by atoms with E-state index in [1.165, 1.54) is 12.3 Å². The Kier molecular flexibility index (Phi) is 5.64. The van der Waals surface area contributed by atoms with Gasteiger partial charge in [0.25, 0.3) is 0 Å². The van der Waals surface area contributed by atoms with Crippen LogP contribution in [0.15, 0.2) is 18.3 Å². The molecule has 21 heavy (non-hydrogen) atoms. The first-order valence-electron chi connectivity index (χ1n) is 7.45. The van der Waals surface area contributed by atoms with Gasteiger partial charge in [0.2, 0.25) is 5.91 Å². The minimum atomic E-state index is -0.330. The Hall–Kier alpha value is -1.53. The van der Waals surface area contributed by atoms with E-state index in [2.05, 4.69) is 15.2 Å². The smallest absolute Gasteiger partial charge is 0.224 e. The van der Waals surface area contributed by atoms with Crippen LogP contribution in [0.5, 0.6) is 0 Å². The van der Waals surface area contributed by atoms with Crippen molar-refractivity contribution in [2.75, 3.05) is 26.2 Å². The summed E-state index contributed by atoms with van der Waals surface area (Å²) in [5.74, 6) is -0.263. The van der Waals surface area contributed by atoms with Crippen LogP contribution in [0.25, 0.3) is 0 Å². The summed E-state index contributed by atoms with van der Waals surface area (Å²) in [5.41, 5.74) is 6.24. The van der Waals surface area contributed by atoms with Crippen molar-refractivity contribution in [3.05, 3.63) is 29.8 Å². The summed E-state index contributed by atoms with van der Waals surface area (Å²) < 4.78 is 12.9. The van der Waals surface area contributed by atoms with Crippen LogP contribution >= 0.6 is 0 Å². The second-order valence-electron chi connectivity index (χ2n) is 5.49. The van der Waals surface area contributed by atoms with Crippen LogP contribution in [-0.4, -0.2) is 42.0 Å². The number of carbonyl (C=O) groups excluding carboxylic acids is 1. The molecule has 0 saturated carbocycles. The Morgan fingerprint density at radius 3 is 3.10 bits per heavy atom. The molecule has 0 aromatic carbocycles. The summed E-state index contributed by atoms with van der Waals surface area (Å²) in [7, 11) is 0. The van der Waals surface area contributed by atoms with Gasteiger partial charge >= 0.3 is 0 Å². The molecule has 0 radical (unpaired) electrons. The number of halogens is 1. The van der Waals surface area contributed by atoms with Crippen LogP contribution in [0.1, 0.15) is 31.5 Å². The van der Waals surface area contributed by atoms with Crippen LogP contribution in [0.3, 0.4) is 0 Å². The minimum absolute atomic E-state index is 0.00630. The number of hydrogen-bond donors (Lipinski definition) is 2. The number of nitrogens with one attached hydrogen (secondary N) is 1. The highest BCUT2D eigenvalue weighted by molar-refractivity contribution is 5.78. The number of likely N-dealkylation sites (tertiary alicyclic amines) is 1. The maximum absolute atomic E-state index is 12.9. The molecule has 2 rings (SSSR count). The van der Waals surface area contributed by atoms with Crippen molar-refractivity contribution >= 4 is 5.91 Å². The molecule has 1 aliphatic heterocycles. The van der Waals surface area contributed by atoms with E-state index >= 15 is 0 Å². The molecule has 1 amide bonds. The number of piperidine rings is 1. The lowest BCUT2D eigenvalue weighted by Crippen LogP contribution is -2.44. The fourth-order valence-electron chi connectivity index (χ4n) is 2.73. The lowest BCUT2D eigenvalue weighted by molar-refractivity contribution is -0.126. The van der Waals surface area contributed by atoms with Crippen LogP contribution in [0, 0.1) is 11.7 Å². The number of hydrogen-bond acceptors (Lipinski definition) is 4. The molecule has 6 heteroatoms. The Balaban J connectivity index is 1.96. The molecule has 1 aromatic heterocycles. The first-order valence-corrected chi connectivity index (χ1v) is 7.45. The second kappa shape index (κ2) is 7.47. The summed E-state index contributed by atoms with van der Waals surface area (Å²) in [6.07, 6.45) is 3.12. The predicted octanol–water partition coefficient (Wildman–Crippen LogP) is 1.07. The van der Waals surface area contributed by atoms with Crippen molar-refractivity contribution in [2.45, 2.75) is 25.8 Å². The molecule has 2 heterocycles. The van der Waals surface area contributed by atoms with Crippen molar-refractivity contribution in [1.82, 2.24) is 15.2 Å². The molecule has 0 aliphatic carbocycles. The molecule has 1 fully saturated rings. The molecule has 0 bridgehead atoms. The zero-order valence-corrected chi connectivity index (χ0v) is 12.4. The number of aromatic nitrogens is 1. The van der Waals surface area contributed by atoms with E-state index in [-0.39, 0.29) is 23.7 Å². The van der Waals surface area contributed by atoms with E-state index < -0.39 is 0 Å². The van der Waals surface area contributed by atoms with Crippen LogP contribution in [0.4, 0.5) is 4.39 Å². The summed E-state index contributed by atoms with van der Waals surface area (Å²) in [5, 5.41) is 2.85. The predicted molar refractivity (Wildman–Crippen MR) is 79.0 cm³/mol. The highest BCUT2D eigenvalue weighted by Gasteiger charge is 2.28. The normalized spacial score (nSPS) is 21.0. The summed E-state index contributed by atoms with van der Waals surface area (Å²) >= 11 is 0. The van der Waals surface area contributed by atoms with Gasteiger partial charge in [0, 0.05) is 25.7 Å². The van der Waals surface area contributed by atoms with Gasteiger partial charge < -0.3 is 11.1 Å². The van der Waals surface area contributed by atoms with Crippen LogP contribution in [-0.2, 0) is 4.79 Å². The van der Waals surface area contributed by atoms with Gasteiger partial charge in [0.05, 0.1) is 17.8 Å². The zero-order valence-electron chi connectivity index (χ0n) is 12.4. The van der Waals surface area contributed by atoms with Crippen molar-refractivity contribution in [3.8, 4) is 0 Å². The Labute approximate surface area is 124 Å². The molecule has 5 nitrogen and oxygen atoms in total. The van der Waals surface area contributed by atoms with E-state index in [1.807, 2.05) is 6.92 Å². The average Bonchev–Trinajstić information content (AvgIpc) is 2.52. The number of carbonyl (C=O) groups is 1. The first-order chi connectivity index (χ1) is 10.1. The highest BCUT2D eigenvalue weighted by atomic mass is 19.1. The van der Waals surface area contributed by atoms with Crippen molar-refractivity contribution < 1.29 is 9.18 Å². The van der Waals surface area contributed by atoms with Gasteiger partial charge in [-0.05, 0) is 38.4 Å². The number of pyridine rings is 1.